The Morgan fingerprint density at radius 2 is 1.83 bits per heavy atom. The number of hydrogen-bond acceptors (Lipinski definition) is 3. The van der Waals surface area contributed by atoms with Crippen molar-refractivity contribution in [2.24, 2.45) is 5.92 Å². The largest absolute Gasteiger partial charge is 0.450 e. The van der Waals surface area contributed by atoms with E-state index >= 15 is 0 Å². The van der Waals surface area contributed by atoms with Crippen LogP contribution in [0.1, 0.15) is 40.0 Å². The van der Waals surface area contributed by atoms with Gasteiger partial charge in [-0.15, -0.1) is 0 Å². The maximum Gasteiger partial charge on any atom is 0.407 e. The summed E-state index contributed by atoms with van der Waals surface area (Å²) >= 11 is 0. The molecule has 0 radical (unpaired) electrons. The Morgan fingerprint density at radius 3 is 2.33 bits per heavy atom. The van der Waals surface area contributed by atoms with Crippen LogP contribution in [0.25, 0.3) is 0 Å². The van der Waals surface area contributed by atoms with Gasteiger partial charge in [0.25, 0.3) is 0 Å². The van der Waals surface area contributed by atoms with E-state index in [0.29, 0.717) is 6.61 Å². The molecule has 5 heteroatoms. The maximum atomic E-state index is 12.3. The number of nitrogens with one attached hydrogen (secondary N) is 1. The van der Waals surface area contributed by atoms with E-state index in [-0.39, 0.29) is 11.8 Å². The molecular formula is C13H24N2O3. The van der Waals surface area contributed by atoms with E-state index in [1.165, 1.54) is 6.42 Å². The molecule has 104 valence electrons. The van der Waals surface area contributed by atoms with Crippen LogP contribution in [0, 0.1) is 5.92 Å². The van der Waals surface area contributed by atoms with Gasteiger partial charge in [-0.3, -0.25) is 4.79 Å². The van der Waals surface area contributed by atoms with Crippen LogP contribution in [0.3, 0.4) is 0 Å². The fraction of sp³-hybridized carbons (Fsp3) is 0.846. The molecule has 18 heavy (non-hydrogen) atoms. The van der Waals surface area contributed by atoms with Crippen LogP contribution in [0.2, 0.25) is 0 Å². The standard InChI is InChI=1S/C13H24N2O3/c1-4-18-13(17)14-11(10(2)3)12(16)15-8-6-5-7-9-15/h10-11H,4-9H2,1-3H3,(H,14,17)/t11-/m0/s1. The van der Waals surface area contributed by atoms with Gasteiger partial charge in [-0.05, 0) is 32.1 Å². The Hall–Kier alpha value is -1.26. The molecule has 1 saturated heterocycles. The van der Waals surface area contributed by atoms with Crippen LogP contribution >= 0.6 is 0 Å². The third-order valence-corrected chi connectivity index (χ3v) is 3.15. The van der Waals surface area contributed by atoms with Crippen LogP contribution < -0.4 is 5.32 Å². The van der Waals surface area contributed by atoms with Crippen molar-refractivity contribution in [3.8, 4) is 0 Å². The van der Waals surface area contributed by atoms with Crippen molar-refractivity contribution in [3.05, 3.63) is 0 Å². The molecule has 0 aromatic carbocycles. The molecule has 1 rings (SSSR count). The number of amides is 2. The molecule has 1 aliphatic rings. The Balaban J connectivity index is 2.59. The summed E-state index contributed by atoms with van der Waals surface area (Å²) in [6.07, 6.45) is 2.77. The second-order valence-electron chi connectivity index (χ2n) is 4.97. The van der Waals surface area contributed by atoms with Crippen LogP contribution in [0.15, 0.2) is 0 Å². The summed E-state index contributed by atoms with van der Waals surface area (Å²) < 4.78 is 4.84. The third kappa shape index (κ3) is 4.20. The molecule has 0 aliphatic carbocycles. The predicted molar refractivity (Wildman–Crippen MR) is 69.2 cm³/mol. The van der Waals surface area contributed by atoms with Crippen molar-refractivity contribution in [1.82, 2.24) is 10.2 Å². The lowest BCUT2D eigenvalue weighted by Gasteiger charge is -2.32. The quantitative estimate of drug-likeness (QED) is 0.834. The lowest BCUT2D eigenvalue weighted by molar-refractivity contribution is -0.135. The summed E-state index contributed by atoms with van der Waals surface area (Å²) in [6, 6.07) is -0.484. The zero-order valence-electron chi connectivity index (χ0n) is 11.6. The molecule has 1 heterocycles. The fourth-order valence-electron chi connectivity index (χ4n) is 2.12. The maximum absolute atomic E-state index is 12.3. The van der Waals surface area contributed by atoms with E-state index < -0.39 is 12.1 Å². The number of hydrogen-bond donors (Lipinski definition) is 1. The number of rotatable bonds is 4. The summed E-state index contributed by atoms with van der Waals surface area (Å²) in [5.74, 6) is 0.0709. The Bertz CT molecular complexity index is 286. The van der Waals surface area contributed by atoms with Crippen molar-refractivity contribution in [2.45, 2.75) is 46.1 Å². The minimum atomic E-state index is -0.512. The van der Waals surface area contributed by atoms with Crippen molar-refractivity contribution in [2.75, 3.05) is 19.7 Å². The average Bonchev–Trinajstić information content (AvgIpc) is 2.36. The monoisotopic (exact) mass is 256 g/mol. The molecule has 0 spiro atoms. The molecule has 0 unspecified atom stereocenters. The zero-order valence-corrected chi connectivity index (χ0v) is 11.6. The smallest absolute Gasteiger partial charge is 0.407 e. The van der Waals surface area contributed by atoms with E-state index in [1.54, 1.807) is 6.92 Å². The minimum Gasteiger partial charge on any atom is -0.450 e. The van der Waals surface area contributed by atoms with E-state index in [2.05, 4.69) is 5.32 Å². The van der Waals surface area contributed by atoms with Crippen molar-refractivity contribution >= 4 is 12.0 Å². The van der Waals surface area contributed by atoms with Crippen molar-refractivity contribution in [1.29, 1.82) is 0 Å². The summed E-state index contributed by atoms with van der Waals surface area (Å²) in [6.45, 7) is 7.52. The van der Waals surface area contributed by atoms with Crippen LogP contribution in [0.4, 0.5) is 4.79 Å². The molecule has 1 aliphatic heterocycles. The number of piperidine rings is 1. The van der Waals surface area contributed by atoms with Crippen LogP contribution in [-0.4, -0.2) is 42.6 Å². The molecular weight excluding hydrogens is 232 g/mol. The molecule has 0 saturated carbocycles. The zero-order chi connectivity index (χ0) is 13.5. The number of carbonyl (C=O) groups is 2. The third-order valence-electron chi connectivity index (χ3n) is 3.15. The number of ether oxygens (including phenoxy) is 1. The average molecular weight is 256 g/mol. The highest BCUT2D eigenvalue weighted by molar-refractivity contribution is 5.86. The van der Waals surface area contributed by atoms with Gasteiger partial charge in [0.15, 0.2) is 0 Å². The molecule has 1 atom stereocenters. The number of nitrogens with zero attached hydrogens (tertiary/aromatic N) is 1. The Labute approximate surface area is 109 Å². The molecule has 0 aromatic rings. The topological polar surface area (TPSA) is 58.6 Å². The number of alkyl carbamates (subject to hydrolysis) is 1. The SMILES string of the molecule is CCOC(=O)N[C@H](C(=O)N1CCCCC1)C(C)C. The first-order chi connectivity index (χ1) is 8.56. The van der Waals surface area contributed by atoms with Crippen LogP contribution in [0.5, 0.6) is 0 Å². The predicted octanol–water partition coefficient (Wildman–Crippen LogP) is 1.77. The fourth-order valence-corrected chi connectivity index (χ4v) is 2.12. The second-order valence-corrected chi connectivity index (χ2v) is 4.97. The van der Waals surface area contributed by atoms with E-state index in [4.69, 9.17) is 4.74 Å². The first-order valence-electron chi connectivity index (χ1n) is 6.78. The van der Waals surface area contributed by atoms with E-state index in [9.17, 15) is 9.59 Å². The second kappa shape index (κ2) is 7.24. The van der Waals surface area contributed by atoms with Gasteiger partial charge in [0.2, 0.25) is 5.91 Å². The highest BCUT2D eigenvalue weighted by Crippen LogP contribution is 2.13. The Kier molecular flexibility index (Phi) is 5.95. The van der Waals surface area contributed by atoms with E-state index in [0.717, 1.165) is 25.9 Å². The van der Waals surface area contributed by atoms with Gasteiger partial charge in [0.05, 0.1) is 6.61 Å². The van der Waals surface area contributed by atoms with Gasteiger partial charge in [-0.2, -0.15) is 0 Å². The molecule has 0 bridgehead atoms. The number of likely N-dealkylation sites (tertiary alicyclic amines) is 1. The molecule has 1 N–H and O–H groups in total. The van der Waals surface area contributed by atoms with Gasteiger partial charge >= 0.3 is 6.09 Å². The van der Waals surface area contributed by atoms with Crippen LogP contribution in [-0.2, 0) is 9.53 Å². The molecule has 2 amide bonds. The Morgan fingerprint density at radius 1 is 1.22 bits per heavy atom. The van der Waals surface area contributed by atoms with Gasteiger partial charge in [-0.25, -0.2) is 4.79 Å². The normalized spacial score (nSPS) is 17.4. The summed E-state index contributed by atoms with van der Waals surface area (Å²) in [5.41, 5.74) is 0. The minimum absolute atomic E-state index is 0.0118. The summed E-state index contributed by atoms with van der Waals surface area (Å²) in [5, 5.41) is 2.66. The summed E-state index contributed by atoms with van der Waals surface area (Å²) in [7, 11) is 0. The van der Waals surface area contributed by atoms with Gasteiger partial charge in [0, 0.05) is 13.1 Å². The first kappa shape index (κ1) is 14.8. The lowest BCUT2D eigenvalue weighted by Crippen LogP contribution is -2.52. The summed E-state index contributed by atoms with van der Waals surface area (Å²) in [4.78, 5) is 25.6. The van der Waals surface area contributed by atoms with Gasteiger partial charge in [0.1, 0.15) is 6.04 Å². The van der Waals surface area contributed by atoms with Crippen molar-refractivity contribution in [3.63, 3.8) is 0 Å². The lowest BCUT2D eigenvalue weighted by atomic mass is 10.0. The van der Waals surface area contributed by atoms with Crippen molar-refractivity contribution < 1.29 is 14.3 Å². The van der Waals surface area contributed by atoms with Gasteiger partial charge in [-0.1, -0.05) is 13.8 Å². The molecule has 0 aromatic heterocycles. The molecule has 5 nitrogen and oxygen atoms in total. The highest BCUT2D eigenvalue weighted by atomic mass is 16.5. The first-order valence-corrected chi connectivity index (χ1v) is 6.78. The van der Waals surface area contributed by atoms with E-state index in [1.807, 2.05) is 18.7 Å². The van der Waals surface area contributed by atoms with Gasteiger partial charge < -0.3 is 15.0 Å². The molecule has 1 fully saturated rings. The highest BCUT2D eigenvalue weighted by Gasteiger charge is 2.29. The number of carbonyl (C=O) groups excluding carboxylic acids is 2.